The maximum absolute atomic E-state index is 12.6. The summed E-state index contributed by atoms with van der Waals surface area (Å²) in [6, 6.07) is 27.2. The number of nitrogens with two attached hydrogens (primary N) is 2. The first kappa shape index (κ1) is 32.3. The fourth-order valence-electron chi connectivity index (χ4n) is 4.67. The molecule has 0 fully saturated rings. The maximum Gasteiger partial charge on any atom is 0.356 e. The molecule has 45 heavy (non-hydrogen) atoms. The van der Waals surface area contributed by atoms with Crippen LogP contribution in [0.3, 0.4) is 0 Å². The summed E-state index contributed by atoms with van der Waals surface area (Å²) in [5.74, 6) is 0.611. The minimum absolute atomic E-state index is 0.289. The molecule has 5 N–H and O–H groups in total. The number of benzene rings is 3. The predicted octanol–water partition coefficient (Wildman–Crippen LogP) is 5.05. The molecule has 2 heterocycles. The van der Waals surface area contributed by atoms with E-state index in [1.807, 2.05) is 84.9 Å². The third-order valence-electron chi connectivity index (χ3n) is 6.87. The van der Waals surface area contributed by atoms with Gasteiger partial charge in [0, 0.05) is 24.0 Å². The van der Waals surface area contributed by atoms with Crippen molar-refractivity contribution in [3.05, 3.63) is 124 Å². The van der Waals surface area contributed by atoms with Crippen LogP contribution in [0.15, 0.2) is 84.9 Å². The molecule has 0 bridgehead atoms. The minimum atomic E-state index is -0.423. The number of aromatic amines is 1. The highest BCUT2D eigenvalue weighted by Crippen LogP contribution is 2.24. The Labute approximate surface area is 262 Å². The standard InChI is InChI=1S/C21H23N3O3.C13H15N3O2/c1-3-27-21(25)19-18(13-15-7-5-4-6-8-15)20(22)23-24(19)14-16-9-11-17(26-2)12-10-16;1-2-18-13(17)11-10(12(14)16-15-11)8-9-6-4-3-5-7-9/h4-12H,3,13-14H2,1-2H3,(H2,22,23);3-7H,2,8H2,1H3,(H3,14,15,16). The van der Waals surface area contributed by atoms with Gasteiger partial charge < -0.3 is 25.7 Å². The molecule has 0 atom stereocenters. The Balaban J connectivity index is 0.000000222. The molecular weight excluding hydrogens is 572 g/mol. The highest BCUT2D eigenvalue weighted by Gasteiger charge is 2.24. The molecule has 0 aliphatic carbocycles. The van der Waals surface area contributed by atoms with Crippen LogP contribution in [0.2, 0.25) is 0 Å². The molecule has 0 radical (unpaired) electrons. The van der Waals surface area contributed by atoms with Crippen LogP contribution < -0.4 is 16.2 Å². The highest BCUT2D eigenvalue weighted by atomic mass is 16.5. The third kappa shape index (κ3) is 8.50. The van der Waals surface area contributed by atoms with Gasteiger partial charge in [-0.3, -0.25) is 9.78 Å². The summed E-state index contributed by atoms with van der Waals surface area (Å²) in [6.07, 6.45) is 1.07. The Morgan fingerprint density at radius 1 is 0.733 bits per heavy atom. The molecule has 5 aromatic rings. The van der Waals surface area contributed by atoms with Crippen LogP contribution in [0.5, 0.6) is 5.75 Å². The van der Waals surface area contributed by atoms with Gasteiger partial charge in [-0.25, -0.2) is 9.59 Å². The van der Waals surface area contributed by atoms with Crippen molar-refractivity contribution in [3.63, 3.8) is 0 Å². The van der Waals surface area contributed by atoms with E-state index in [0.717, 1.165) is 22.4 Å². The number of nitrogens with zero attached hydrogens (tertiary/aromatic N) is 3. The van der Waals surface area contributed by atoms with Crippen LogP contribution in [0.1, 0.15) is 62.6 Å². The number of H-pyrrole nitrogens is 1. The first-order chi connectivity index (χ1) is 21.8. The summed E-state index contributed by atoms with van der Waals surface area (Å²) in [7, 11) is 1.62. The molecule has 0 spiro atoms. The number of nitrogen functional groups attached to an aromatic ring is 2. The molecule has 0 saturated heterocycles. The zero-order valence-electron chi connectivity index (χ0n) is 25.7. The van der Waals surface area contributed by atoms with Gasteiger partial charge in [0.1, 0.15) is 23.1 Å². The number of methoxy groups -OCH3 is 1. The molecule has 3 aromatic carbocycles. The highest BCUT2D eigenvalue weighted by molar-refractivity contribution is 5.91. The average molecular weight is 611 g/mol. The fourth-order valence-corrected chi connectivity index (χ4v) is 4.67. The van der Waals surface area contributed by atoms with Crippen LogP contribution in [0.25, 0.3) is 0 Å². The van der Waals surface area contributed by atoms with Crippen LogP contribution >= 0.6 is 0 Å². The predicted molar refractivity (Wildman–Crippen MR) is 172 cm³/mol. The Bertz CT molecular complexity index is 1680. The van der Waals surface area contributed by atoms with E-state index in [0.29, 0.717) is 60.1 Å². The quantitative estimate of drug-likeness (QED) is 0.174. The first-order valence-corrected chi connectivity index (χ1v) is 14.6. The Hall–Kier alpha value is -5.58. The lowest BCUT2D eigenvalue weighted by Gasteiger charge is -2.10. The molecule has 11 nitrogen and oxygen atoms in total. The number of rotatable bonds is 11. The van der Waals surface area contributed by atoms with E-state index < -0.39 is 11.9 Å². The molecule has 0 aliphatic rings. The van der Waals surface area contributed by atoms with Crippen LogP contribution in [-0.2, 0) is 28.9 Å². The monoisotopic (exact) mass is 610 g/mol. The fraction of sp³-hybridized carbons (Fsp3) is 0.235. The zero-order valence-corrected chi connectivity index (χ0v) is 25.7. The maximum atomic E-state index is 12.6. The molecule has 234 valence electrons. The SMILES string of the molecule is CCOC(=O)c1[nH]nc(N)c1Cc1ccccc1.CCOC(=O)c1c(Cc2ccccc2)c(N)nn1Cc1ccc(OC)cc1. The van der Waals surface area contributed by atoms with Crippen molar-refractivity contribution in [2.45, 2.75) is 33.2 Å². The minimum Gasteiger partial charge on any atom is -0.497 e. The van der Waals surface area contributed by atoms with Crippen molar-refractivity contribution in [1.82, 2.24) is 20.0 Å². The summed E-state index contributed by atoms with van der Waals surface area (Å²) >= 11 is 0. The summed E-state index contributed by atoms with van der Waals surface area (Å²) in [5, 5.41) is 10.9. The normalized spacial score (nSPS) is 10.5. The number of carbonyl (C=O) groups is 2. The number of anilines is 2. The van der Waals surface area contributed by atoms with E-state index in [1.165, 1.54) is 0 Å². The van der Waals surface area contributed by atoms with Gasteiger partial charge in [0.15, 0.2) is 5.69 Å². The smallest absolute Gasteiger partial charge is 0.356 e. The Morgan fingerprint density at radius 2 is 1.29 bits per heavy atom. The summed E-state index contributed by atoms with van der Waals surface area (Å²) in [4.78, 5) is 24.3. The molecule has 11 heteroatoms. The van der Waals surface area contributed by atoms with E-state index in [1.54, 1.807) is 25.6 Å². The van der Waals surface area contributed by atoms with Gasteiger partial charge in [-0.05, 0) is 42.7 Å². The third-order valence-corrected chi connectivity index (χ3v) is 6.87. The number of hydrogen-bond donors (Lipinski definition) is 3. The molecular formula is C34H38N6O5. The molecule has 0 unspecified atom stereocenters. The van der Waals surface area contributed by atoms with Crippen LogP contribution in [-0.4, -0.2) is 52.2 Å². The van der Waals surface area contributed by atoms with Gasteiger partial charge in [0.05, 0.1) is 26.9 Å². The zero-order chi connectivity index (χ0) is 32.2. The summed E-state index contributed by atoms with van der Waals surface area (Å²) in [5.41, 5.74) is 17.1. The largest absolute Gasteiger partial charge is 0.497 e. The topological polar surface area (TPSA) is 160 Å². The van der Waals surface area contributed by atoms with Crippen molar-refractivity contribution >= 4 is 23.6 Å². The number of esters is 2. The van der Waals surface area contributed by atoms with Gasteiger partial charge in [-0.1, -0.05) is 72.8 Å². The van der Waals surface area contributed by atoms with Gasteiger partial charge in [0.25, 0.3) is 0 Å². The van der Waals surface area contributed by atoms with E-state index in [-0.39, 0.29) is 6.61 Å². The summed E-state index contributed by atoms with van der Waals surface area (Å²) in [6.45, 7) is 4.56. The van der Waals surface area contributed by atoms with E-state index in [4.69, 9.17) is 25.7 Å². The van der Waals surface area contributed by atoms with Gasteiger partial charge in [0.2, 0.25) is 0 Å². The second-order valence-corrected chi connectivity index (χ2v) is 9.95. The lowest BCUT2D eigenvalue weighted by atomic mass is 10.0. The van der Waals surface area contributed by atoms with Crippen LogP contribution in [0, 0.1) is 0 Å². The second kappa shape index (κ2) is 15.8. The number of carbonyl (C=O) groups excluding carboxylic acids is 2. The molecule has 0 amide bonds. The molecule has 0 aliphatic heterocycles. The van der Waals surface area contributed by atoms with Gasteiger partial charge in [-0.15, -0.1) is 0 Å². The average Bonchev–Trinajstić information content (AvgIpc) is 3.57. The van der Waals surface area contributed by atoms with Crippen molar-refractivity contribution < 1.29 is 23.8 Å². The van der Waals surface area contributed by atoms with Crippen molar-refractivity contribution in [2.75, 3.05) is 31.8 Å². The van der Waals surface area contributed by atoms with Crippen molar-refractivity contribution in [1.29, 1.82) is 0 Å². The van der Waals surface area contributed by atoms with Gasteiger partial charge >= 0.3 is 11.9 Å². The van der Waals surface area contributed by atoms with Crippen molar-refractivity contribution in [2.24, 2.45) is 0 Å². The lowest BCUT2D eigenvalue weighted by molar-refractivity contribution is 0.0504. The van der Waals surface area contributed by atoms with E-state index >= 15 is 0 Å². The van der Waals surface area contributed by atoms with E-state index in [2.05, 4.69) is 15.3 Å². The number of aromatic nitrogens is 4. The summed E-state index contributed by atoms with van der Waals surface area (Å²) < 4.78 is 17.0. The Kier molecular flexibility index (Phi) is 11.3. The molecule has 0 saturated carbocycles. The number of ether oxygens (including phenoxy) is 3. The number of hydrogen-bond acceptors (Lipinski definition) is 9. The number of nitrogens with one attached hydrogen (secondary N) is 1. The molecule has 2 aromatic heterocycles. The Morgan fingerprint density at radius 3 is 1.84 bits per heavy atom. The van der Waals surface area contributed by atoms with Crippen molar-refractivity contribution in [3.8, 4) is 5.75 Å². The first-order valence-electron chi connectivity index (χ1n) is 14.6. The second-order valence-electron chi connectivity index (χ2n) is 9.95. The molecule has 5 rings (SSSR count). The van der Waals surface area contributed by atoms with Crippen LogP contribution in [0.4, 0.5) is 11.6 Å². The van der Waals surface area contributed by atoms with E-state index in [9.17, 15) is 9.59 Å². The van der Waals surface area contributed by atoms with Gasteiger partial charge in [-0.2, -0.15) is 10.2 Å². The lowest BCUT2D eigenvalue weighted by Crippen LogP contribution is -2.16.